The van der Waals surface area contributed by atoms with Crippen LogP contribution in [0.3, 0.4) is 0 Å². The molecule has 0 spiro atoms. The van der Waals surface area contributed by atoms with Crippen LogP contribution in [0.2, 0.25) is 0 Å². The minimum absolute atomic E-state index is 0.129. The lowest BCUT2D eigenvalue weighted by Gasteiger charge is -2.40. The van der Waals surface area contributed by atoms with Gasteiger partial charge in [-0.05, 0) is 50.8 Å². The Morgan fingerprint density at radius 1 is 1.32 bits per heavy atom. The molecule has 166 valence electrons. The van der Waals surface area contributed by atoms with Crippen LogP contribution >= 0.6 is 0 Å². The van der Waals surface area contributed by atoms with Crippen LogP contribution in [0.1, 0.15) is 48.4 Å². The smallest absolute Gasteiger partial charge is 0.325 e. The Morgan fingerprint density at radius 2 is 2.00 bits per heavy atom. The molecule has 1 aromatic heterocycles. The van der Waals surface area contributed by atoms with Gasteiger partial charge in [0, 0.05) is 55.3 Å². The number of aryl methyl sites for hydroxylation is 1. The first-order valence-electron chi connectivity index (χ1n) is 10.4. The molecule has 5 N–H and O–H groups in total. The van der Waals surface area contributed by atoms with Crippen molar-refractivity contribution in [2.24, 2.45) is 10.9 Å². The summed E-state index contributed by atoms with van der Waals surface area (Å²) >= 11 is 0. The molecule has 0 unspecified atom stereocenters. The van der Waals surface area contributed by atoms with Gasteiger partial charge in [0.2, 0.25) is 5.69 Å². The van der Waals surface area contributed by atoms with Crippen LogP contribution in [0.5, 0.6) is 0 Å². The van der Waals surface area contributed by atoms with Crippen LogP contribution in [-0.2, 0) is 0 Å². The minimum atomic E-state index is -0.685. The summed E-state index contributed by atoms with van der Waals surface area (Å²) in [6, 6.07) is 8.71. The fraction of sp³-hybridized carbons (Fsp3) is 0.435. The number of aliphatic hydroxyl groups is 1. The Labute approximate surface area is 183 Å². The standard InChI is InChI=1S/C23H31N5O3/c1-14-7-6-8-20(28(14)31)22(29)26-19-9-15(18(24)12-21(19)27(4)5)13-25-17-10-16(11-17)23(2,3)30/h6-9,12-13,16-17,24,29-31H,10-11H2,1-5H3/p+1. The number of amides is 1. The summed E-state index contributed by atoms with van der Waals surface area (Å²) in [5, 5.41) is 23.1. The van der Waals surface area contributed by atoms with Gasteiger partial charge in [-0.15, -0.1) is 0 Å². The van der Waals surface area contributed by atoms with Crippen molar-refractivity contribution in [2.75, 3.05) is 30.0 Å². The van der Waals surface area contributed by atoms with Gasteiger partial charge < -0.3 is 21.1 Å². The molecule has 3 rings (SSSR count). The predicted octanol–water partition coefficient (Wildman–Crippen LogP) is 2.39. The third kappa shape index (κ3) is 4.96. The summed E-state index contributed by atoms with van der Waals surface area (Å²) in [6.07, 6.45) is 3.40. The molecule has 1 saturated carbocycles. The molecule has 8 nitrogen and oxygen atoms in total. The average molecular weight is 427 g/mol. The Kier molecular flexibility index (Phi) is 6.22. The maximum atomic E-state index is 12.8. The van der Waals surface area contributed by atoms with Gasteiger partial charge in [-0.1, -0.05) is 0 Å². The van der Waals surface area contributed by atoms with Crippen molar-refractivity contribution in [3.8, 4) is 0 Å². The third-order valence-corrected chi connectivity index (χ3v) is 5.85. The number of carbonyl (C=O) groups excluding carboxylic acids is 1. The Balaban J connectivity index is 1.84. The second kappa shape index (κ2) is 8.55. The lowest BCUT2D eigenvalue weighted by Crippen LogP contribution is -2.42. The molecule has 0 saturated heterocycles. The van der Waals surface area contributed by atoms with Crippen molar-refractivity contribution in [3.05, 3.63) is 47.3 Å². The zero-order valence-electron chi connectivity index (χ0n) is 18.8. The molecule has 0 radical (unpaired) electrons. The molecule has 1 fully saturated rings. The molecule has 0 bridgehead atoms. The lowest BCUT2D eigenvalue weighted by atomic mass is 9.71. The number of aromatic nitrogens is 1. The number of aliphatic imine (C=N–C) groups is 1. The number of benzene rings is 1. The topological polar surface area (TPSA) is 115 Å². The highest BCUT2D eigenvalue weighted by Gasteiger charge is 2.38. The van der Waals surface area contributed by atoms with Crippen molar-refractivity contribution in [3.63, 3.8) is 0 Å². The maximum absolute atomic E-state index is 12.8. The number of nitrogens with one attached hydrogen (secondary N) is 1. The van der Waals surface area contributed by atoms with E-state index in [4.69, 9.17) is 5.73 Å². The van der Waals surface area contributed by atoms with Crippen LogP contribution in [-0.4, -0.2) is 48.2 Å². The minimum Gasteiger partial charge on any atom is -0.398 e. The Hall–Kier alpha value is -3.13. The van der Waals surface area contributed by atoms with Crippen LogP contribution in [0.25, 0.3) is 0 Å². The second-order valence-electron chi connectivity index (χ2n) is 8.97. The van der Waals surface area contributed by atoms with E-state index in [0.717, 1.165) is 23.3 Å². The monoisotopic (exact) mass is 426 g/mol. The average Bonchev–Trinajstić information content (AvgIpc) is 2.63. The summed E-state index contributed by atoms with van der Waals surface area (Å²) in [5.41, 5.74) is 8.80. The number of hydrogen-bond acceptors (Lipinski definition) is 6. The lowest BCUT2D eigenvalue weighted by molar-refractivity contribution is -0.909. The molecule has 1 aromatic carbocycles. The van der Waals surface area contributed by atoms with Crippen molar-refractivity contribution in [1.29, 1.82) is 0 Å². The molecule has 1 heterocycles. The fourth-order valence-electron chi connectivity index (χ4n) is 3.64. The number of rotatable bonds is 6. The van der Waals surface area contributed by atoms with E-state index < -0.39 is 11.5 Å². The number of pyridine rings is 1. The van der Waals surface area contributed by atoms with Gasteiger partial charge in [-0.2, -0.15) is 0 Å². The highest BCUT2D eigenvalue weighted by molar-refractivity contribution is 6.05. The Bertz CT molecular complexity index is 1010. The predicted molar refractivity (Wildman–Crippen MR) is 122 cm³/mol. The van der Waals surface area contributed by atoms with Crippen molar-refractivity contribution in [2.45, 2.75) is 45.3 Å². The Morgan fingerprint density at radius 3 is 2.61 bits per heavy atom. The quantitative estimate of drug-likeness (QED) is 0.245. The van der Waals surface area contributed by atoms with Crippen molar-refractivity contribution in [1.82, 2.24) is 0 Å². The van der Waals surface area contributed by atoms with E-state index in [-0.39, 0.29) is 17.7 Å². The molecule has 2 aromatic rings. The van der Waals surface area contributed by atoms with E-state index in [1.807, 2.05) is 32.8 Å². The number of anilines is 3. The van der Waals surface area contributed by atoms with Crippen molar-refractivity contribution >= 4 is 29.2 Å². The summed E-state index contributed by atoms with van der Waals surface area (Å²) in [5.74, 6) is -0.188. The van der Waals surface area contributed by atoms with Gasteiger partial charge in [0.1, 0.15) is 0 Å². The van der Waals surface area contributed by atoms with E-state index in [2.05, 4.69) is 10.3 Å². The normalized spacial score (nSPS) is 18.6. The summed E-state index contributed by atoms with van der Waals surface area (Å²) in [6.45, 7) is 5.37. The molecule has 1 aliphatic carbocycles. The van der Waals surface area contributed by atoms with E-state index >= 15 is 0 Å². The number of carbonyl (C=O) groups is 1. The molecule has 1 amide bonds. The SMILES string of the molecule is Cc1cccc(C(=O)Nc2cc(C=NC3CC(C(C)(C)O)C3)c(N)cc2N(C)C)[n+]1O. The van der Waals surface area contributed by atoms with E-state index in [0.29, 0.717) is 22.6 Å². The largest absolute Gasteiger partial charge is 0.398 e. The van der Waals surface area contributed by atoms with Gasteiger partial charge in [0.15, 0.2) is 0 Å². The highest BCUT2D eigenvalue weighted by atomic mass is 16.5. The van der Waals surface area contributed by atoms with Crippen LogP contribution in [0.4, 0.5) is 17.1 Å². The van der Waals surface area contributed by atoms with E-state index in [9.17, 15) is 15.1 Å². The van der Waals surface area contributed by atoms with Gasteiger partial charge in [-0.3, -0.25) is 15.0 Å². The van der Waals surface area contributed by atoms with Crippen LogP contribution < -0.4 is 20.7 Å². The van der Waals surface area contributed by atoms with Crippen LogP contribution in [0.15, 0.2) is 35.3 Å². The first-order chi connectivity index (χ1) is 14.5. The van der Waals surface area contributed by atoms with Gasteiger partial charge in [0.05, 0.1) is 23.0 Å². The molecule has 31 heavy (non-hydrogen) atoms. The molecule has 0 aliphatic heterocycles. The third-order valence-electron chi connectivity index (χ3n) is 5.85. The van der Waals surface area contributed by atoms with Crippen LogP contribution in [0, 0.1) is 12.8 Å². The molecule has 1 aliphatic rings. The maximum Gasteiger partial charge on any atom is 0.325 e. The van der Waals surface area contributed by atoms with Crippen molar-refractivity contribution < 1.29 is 19.8 Å². The summed E-state index contributed by atoms with van der Waals surface area (Å²) < 4.78 is 0.861. The van der Waals surface area contributed by atoms with Gasteiger partial charge in [-0.25, -0.2) is 0 Å². The zero-order chi connectivity index (χ0) is 22.9. The summed E-state index contributed by atoms with van der Waals surface area (Å²) in [4.78, 5) is 19.3. The fourth-order valence-corrected chi connectivity index (χ4v) is 3.64. The summed E-state index contributed by atoms with van der Waals surface area (Å²) in [7, 11) is 3.73. The van der Waals surface area contributed by atoms with E-state index in [1.165, 1.54) is 0 Å². The zero-order valence-corrected chi connectivity index (χ0v) is 18.8. The van der Waals surface area contributed by atoms with E-state index in [1.54, 1.807) is 43.5 Å². The first kappa shape index (κ1) is 22.6. The van der Waals surface area contributed by atoms with Gasteiger partial charge >= 0.3 is 11.6 Å². The number of hydrogen-bond donors (Lipinski definition) is 4. The molecule has 8 heteroatoms. The number of nitrogen functional groups attached to an aromatic ring is 1. The number of nitrogens with zero attached hydrogens (tertiary/aromatic N) is 3. The first-order valence-corrected chi connectivity index (χ1v) is 10.4. The molecular weight excluding hydrogens is 394 g/mol. The molecule has 0 atom stereocenters. The van der Waals surface area contributed by atoms with Gasteiger partial charge in [0.25, 0.3) is 0 Å². The highest BCUT2D eigenvalue weighted by Crippen LogP contribution is 2.38. The number of nitrogens with two attached hydrogens (primary N) is 1. The molecular formula is C23H32N5O3+. The second-order valence-corrected chi connectivity index (χ2v) is 8.97.